The predicted octanol–water partition coefficient (Wildman–Crippen LogP) is 5.41. The van der Waals surface area contributed by atoms with Gasteiger partial charge in [0, 0.05) is 18.2 Å². The molecular formula is C25H22N4OS. The van der Waals surface area contributed by atoms with E-state index in [-0.39, 0.29) is 5.91 Å². The normalized spacial score (nSPS) is 11.7. The van der Waals surface area contributed by atoms with Crippen LogP contribution in [0.2, 0.25) is 0 Å². The highest BCUT2D eigenvalue weighted by atomic mass is 32.1. The van der Waals surface area contributed by atoms with Gasteiger partial charge in [0.1, 0.15) is 5.00 Å². The average molecular weight is 427 g/mol. The lowest BCUT2D eigenvalue weighted by Gasteiger charge is -2.11. The van der Waals surface area contributed by atoms with E-state index in [4.69, 9.17) is 0 Å². The molecule has 0 saturated heterocycles. The molecule has 6 heteroatoms. The highest BCUT2D eigenvalue weighted by molar-refractivity contribution is 7.14. The van der Waals surface area contributed by atoms with Gasteiger partial charge < -0.3 is 5.32 Å². The minimum Gasteiger partial charge on any atom is -0.316 e. The second kappa shape index (κ2) is 9.36. The van der Waals surface area contributed by atoms with E-state index in [1.165, 1.54) is 23.8 Å². The number of rotatable bonds is 5. The number of anilines is 1. The van der Waals surface area contributed by atoms with Crippen LogP contribution in [0.5, 0.6) is 0 Å². The van der Waals surface area contributed by atoms with Crippen LogP contribution >= 0.6 is 11.3 Å². The number of aromatic nitrogens is 1. The van der Waals surface area contributed by atoms with Crippen LogP contribution in [0.3, 0.4) is 0 Å². The van der Waals surface area contributed by atoms with Gasteiger partial charge in [0.25, 0.3) is 0 Å². The lowest BCUT2D eigenvalue weighted by molar-refractivity contribution is -0.114. The minimum absolute atomic E-state index is 0.131. The van der Waals surface area contributed by atoms with Crippen molar-refractivity contribution in [2.24, 2.45) is 10.2 Å². The Balaban J connectivity index is 1.94. The van der Waals surface area contributed by atoms with E-state index in [0.29, 0.717) is 4.80 Å². The first kappa shape index (κ1) is 20.5. The first-order valence-corrected chi connectivity index (χ1v) is 10.7. The van der Waals surface area contributed by atoms with Crippen LogP contribution in [-0.2, 0) is 4.79 Å². The zero-order chi connectivity index (χ0) is 21.6. The molecule has 0 spiro atoms. The number of nitrogens with zero attached hydrogens (tertiary/aromatic N) is 3. The summed E-state index contributed by atoms with van der Waals surface area (Å²) in [5.74, 6) is -0.131. The Bertz CT molecular complexity index is 1270. The number of nitrogens with one attached hydrogen (secondary N) is 1. The maximum atomic E-state index is 11.9. The van der Waals surface area contributed by atoms with Gasteiger partial charge in [0.15, 0.2) is 0 Å². The molecule has 0 aliphatic heterocycles. The van der Waals surface area contributed by atoms with Crippen molar-refractivity contribution in [1.29, 1.82) is 0 Å². The number of carbonyl (C=O) groups is 1. The van der Waals surface area contributed by atoms with Crippen molar-refractivity contribution >= 4 is 28.5 Å². The molecule has 0 atom stereocenters. The standard InChI is InChI=1S/C25H22N4OS/c1-18-13-15-22(16-14-18)29-23(21-11-7-4-8-12-21)24(27-19(2)30)31-25(29)28-26-17-20-9-5-3-6-10-20/h3-17H,1-2H3,(H,27,30)/b26-17-,28-25-. The largest absolute Gasteiger partial charge is 0.316 e. The summed E-state index contributed by atoms with van der Waals surface area (Å²) in [7, 11) is 0. The molecule has 1 heterocycles. The fourth-order valence-electron chi connectivity index (χ4n) is 3.17. The van der Waals surface area contributed by atoms with E-state index in [0.717, 1.165) is 27.5 Å². The highest BCUT2D eigenvalue weighted by Crippen LogP contribution is 2.33. The third-order valence-electron chi connectivity index (χ3n) is 4.60. The second-order valence-electron chi connectivity index (χ2n) is 7.04. The summed E-state index contributed by atoms with van der Waals surface area (Å²) in [6.07, 6.45) is 1.72. The van der Waals surface area contributed by atoms with Crippen molar-refractivity contribution < 1.29 is 4.79 Å². The molecule has 31 heavy (non-hydrogen) atoms. The predicted molar refractivity (Wildman–Crippen MR) is 128 cm³/mol. The average Bonchev–Trinajstić information content (AvgIpc) is 3.13. The first-order chi connectivity index (χ1) is 15.1. The summed E-state index contributed by atoms with van der Waals surface area (Å²) < 4.78 is 2.03. The van der Waals surface area contributed by atoms with Crippen LogP contribution < -0.4 is 10.1 Å². The maximum Gasteiger partial charge on any atom is 0.221 e. The van der Waals surface area contributed by atoms with Gasteiger partial charge in [-0.25, -0.2) is 0 Å². The molecule has 0 fully saturated rings. The van der Waals surface area contributed by atoms with Gasteiger partial charge in [-0.3, -0.25) is 9.36 Å². The molecule has 1 amide bonds. The van der Waals surface area contributed by atoms with Gasteiger partial charge in [-0.2, -0.15) is 5.10 Å². The third kappa shape index (κ3) is 4.87. The molecule has 4 aromatic rings. The van der Waals surface area contributed by atoms with E-state index in [1.54, 1.807) is 6.21 Å². The van der Waals surface area contributed by atoms with E-state index >= 15 is 0 Å². The Hall–Kier alpha value is -3.77. The van der Waals surface area contributed by atoms with Crippen LogP contribution in [0.15, 0.2) is 95.1 Å². The number of aryl methyl sites for hydroxylation is 1. The summed E-state index contributed by atoms with van der Waals surface area (Å²) in [4.78, 5) is 12.6. The molecule has 0 bridgehead atoms. The fourth-order valence-corrected chi connectivity index (χ4v) is 4.22. The van der Waals surface area contributed by atoms with Crippen molar-refractivity contribution in [3.63, 3.8) is 0 Å². The Morgan fingerprint density at radius 1 is 0.935 bits per heavy atom. The summed E-state index contributed by atoms with van der Waals surface area (Å²) in [5.41, 5.74) is 4.94. The van der Waals surface area contributed by atoms with Gasteiger partial charge in [0.2, 0.25) is 10.7 Å². The minimum atomic E-state index is -0.131. The van der Waals surface area contributed by atoms with Gasteiger partial charge in [0.05, 0.1) is 11.9 Å². The zero-order valence-electron chi connectivity index (χ0n) is 17.3. The Labute approximate surface area is 185 Å². The van der Waals surface area contributed by atoms with Crippen LogP contribution in [0, 0.1) is 6.92 Å². The molecule has 3 aromatic carbocycles. The monoisotopic (exact) mass is 426 g/mol. The summed E-state index contributed by atoms with van der Waals surface area (Å²) in [6.45, 7) is 3.56. The van der Waals surface area contributed by atoms with Crippen molar-refractivity contribution in [2.75, 3.05) is 5.32 Å². The number of hydrogen-bond acceptors (Lipinski definition) is 4. The molecular weight excluding hydrogens is 404 g/mol. The zero-order valence-corrected chi connectivity index (χ0v) is 18.1. The molecule has 0 aliphatic rings. The Kier molecular flexibility index (Phi) is 6.19. The Morgan fingerprint density at radius 2 is 1.58 bits per heavy atom. The lowest BCUT2D eigenvalue weighted by atomic mass is 10.1. The van der Waals surface area contributed by atoms with Gasteiger partial charge in [-0.1, -0.05) is 89.7 Å². The topological polar surface area (TPSA) is 58.8 Å². The Morgan fingerprint density at radius 3 is 2.23 bits per heavy atom. The van der Waals surface area contributed by atoms with E-state index in [2.05, 4.69) is 34.6 Å². The van der Waals surface area contributed by atoms with Crippen molar-refractivity contribution in [1.82, 2.24) is 4.57 Å². The molecule has 0 saturated carbocycles. The van der Waals surface area contributed by atoms with Crippen molar-refractivity contribution in [3.8, 4) is 16.9 Å². The number of thiazole rings is 1. The summed E-state index contributed by atoms with van der Waals surface area (Å²) in [5, 5.41) is 12.5. The van der Waals surface area contributed by atoms with Crippen LogP contribution in [-0.4, -0.2) is 16.7 Å². The molecule has 1 aromatic heterocycles. The quantitative estimate of drug-likeness (QED) is 0.337. The van der Waals surface area contributed by atoms with E-state index in [9.17, 15) is 4.79 Å². The van der Waals surface area contributed by atoms with Gasteiger partial charge in [-0.05, 0) is 24.6 Å². The lowest BCUT2D eigenvalue weighted by Crippen LogP contribution is -2.14. The molecule has 154 valence electrons. The molecule has 0 aliphatic carbocycles. The summed E-state index contributed by atoms with van der Waals surface area (Å²) >= 11 is 1.39. The third-order valence-corrected chi connectivity index (χ3v) is 5.55. The van der Waals surface area contributed by atoms with Crippen molar-refractivity contribution in [3.05, 3.63) is 101 Å². The number of amides is 1. The van der Waals surface area contributed by atoms with Crippen LogP contribution in [0.1, 0.15) is 18.1 Å². The number of hydrogen-bond donors (Lipinski definition) is 1. The van der Waals surface area contributed by atoms with E-state index < -0.39 is 0 Å². The fraction of sp³-hybridized carbons (Fsp3) is 0.0800. The molecule has 4 rings (SSSR count). The smallest absolute Gasteiger partial charge is 0.221 e. The second-order valence-corrected chi connectivity index (χ2v) is 8.01. The summed E-state index contributed by atoms with van der Waals surface area (Å²) in [6, 6.07) is 28.0. The number of carbonyl (C=O) groups excluding carboxylic acids is 1. The van der Waals surface area contributed by atoms with E-state index in [1.807, 2.05) is 77.4 Å². The number of benzene rings is 3. The molecule has 1 N–H and O–H groups in total. The van der Waals surface area contributed by atoms with Gasteiger partial charge >= 0.3 is 0 Å². The maximum absolute atomic E-state index is 11.9. The van der Waals surface area contributed by atoms with Crippen LogP contribution in [0.25, 0.3) is 16.9 Å². The molecule has 5 nitrogen and oxygen atoms in total. The SMILES string of the molecule is CC(=O)Nc1s/c(=N\N=C/c2ccccc2)n(-c2ccc(C)cc2)c1-c1ccccc1. The molecule has 0 radical (unpaired) electrons. The highest BCUT2D eigenvalue weighted by Gasteiger charge is 2.18. The van der Waals surface area contributed by atoms with Crippen molar-refractivity contribution in [2.45, 2.75) is 13.8 Å². The van der Waals surface area contributed by atoms with Crippen LogP contribution in [0.4, 0.5) is 5.00 Å². The molecule has 0 unspecified atom stereocenters. The van der Waals surface area contributed by atoms with Gasteiger partial charge in [-0.15, -0.1) is 5.10 Å². The first-order valence-electron chi connectivity index (χ1n) is 9.90.